The fourth-order valence-corrected chi connectivity index (χ4v) is 3.43. The first-order valence-electron chi connectivity index (χ1n) is 5.48. The Hall–Kier alpha value is -0.980. The number of hydrogen-bond acceptors (Lipinski definition) is 3. The molecule has 94 valence electrons. The second-order valence-electron chi connectivity index (χ2n) is 4.22. The Kier molecular flexibility index (Phi) is 3.46. The molecule has 1 aliphatic rings. The second kappa shape index (κ2) is 4.72. The molecule has 1 fully saturated rings. The highest BCUT2D eigenvalue weighted by atomic mass is 32.2. The van der Waals surface area contributed by atoms with E-state index in [1.54, 1.807) is 6.92 Å². The lowest BCUT2D eigenvalue weighted by Gasteiger charge is -2.13. The molecule has 1 aromatic rings. The topological polar surface area (TPSA) is 58.2 Å². The van der Waals surface area contributed by atoms with E-state index in [0.717, 1.165) is 19.0 Å². The van der Waals surface area contributed by atoms with Crippen molar-refractivity contribution < 1.29 is 12.8 Å². The summed E-state index contributed by atoms with van der Waals surface area (Å²) in [5.74, 6) is -0.541. The van der Waals surface area contributed by atoms with Gasteiger partial charge in [-0.2, -0.15) is 0 Å². The van der Waals surface area contributed by atoms with Gasteiger partial charge in [0, 0.05) is 12.6 Å². The molecule has 2 N–H and O–H groups in total. The van der Waals surface area contributed by atoms with Crippen LogP contribution in [-0.2, 0) is 10.0 Å². The van der Waals surface area contributed by atoms with Gasteiger partial charge in [0.15, 0.2) is 0 Å². The first kappa shape index (κ1) is 12.5. The average molecular weight is 258 g/mol. The van der Waals surface area contributed by atoms with Gasteiger partial charge in [0.1, 0.15) is 5.82 Å². The second-order valence-corrected chi connectivity index (χ2v) is 5.90. The predicted octanol–water partition coefficient (Wildman–Crippen LogP) is 0.774. The predicted molar refractivity (Wildman–Crippen MR) is 62.7 cm³/mol. The molecule has 0 spiro atoms. The van der Waals surface area contributed by atoms with Gasteiger partial charge in [0.05, 0.1) is 4.90 Å². The number of nitrogens with one attached hydrogen (secondary N) is 2. The third-order valence-electron chi connectivity index (χ3n) is 2.82. The van der Waals surface area contributed by atoms with E-state index in [4.69, 9.17) is 0 Å². The van der Waals surface area contributed by atoms with Crippen molar-refractivity contribution in [3.05, 3.63) is 29.6 Å². The van der Waals surface area contributed by atoms with Crippen LogP contribution in [-0.4, -0.2) is 27.5 Å². The summed E-state index contributed by atoms with van der Waals surface area (Å²) in [6.45, 7) is 3.07. The molecule has 4 nitrogen and oxygen atoms in total. The first-order chi connectivity index (χ1) is 7.99. The van der Waals surface area contributed by atoms with Gasteiger partial charge in [0.25, 0.3) is 0 Å². The Bertz CT molecular complexity index is 510. The zero-order chi connectivity index (χ0) is 12.5. The Labute approximate surface area is 100 Å². The van der Waals surface area contributed by atoms with Crippen LogP contribution in [0.15, 0.2) is 23.1 Å². The van der Waals surface area contributed by atoms with Crippen molar-refractivity contribution in [2.24, 2.45) is 0 Å². The first-order valence-corrected chi connectivity index (χ1v) is 6.96. The van der Waals surface area contributed by atoms with Gasteiger partial charge in [0.2, 0.25) is 10.0 Å². The van der Waals surface area contributed by atoms with Crippen molar-refractivity contribution >= 4 is 10.0 Å². The number of rotatable bonds is 3. The smallest absolute Gasteiger partial charge is 0.241 e. The molecule has 1 aromatic carbocycles. The SMILES string of the molecule is Cc1ccc(F)cc1S(=O)(=O)N[C@H]1CCNC1. The maximum absolute atomic E-state index is 13.1. The summed E-state index contributed by atoms with van der Waals surface area (Å²) in [4.78, 5) is 0.0180. The fourth-order valence-electron chi connectivity index (χ4n) is 1.90. The minimum Gasteiger partial charge on any atom is -0.315 e. The largest absolute Gasteiger partial charge is 0.315 e. The summed E-state index contributed by atoms with van der Waals surface area (Å²) in [7, 11) is -3.63. The van der Waals surface area contributed by atoms with Crippen LogP contribution < -0.4 is 10.0 Å². The maximum atomic E-state index is 13.1. The fraction of sp³-hybridized carbons (Fsp3) is 0.455. The number of sulfonamides is 1. The zero-order valence-electron chi connectivity index (χ0n) is 9.53. The highest BCUT2D eigenvalue weighted by Crippen LogP contribution is 2.17. The van der Waals surface area contributed by atoms with Crippen molar-refractivity contribution in [3.63, 3.8) is 0 Å². The van der Waals surface area contributed by atoms with Crippen LogP contribution >= 0.6 is 0 Å². The van der Waals surface area contributed by atoms with Crippen LogP contribution in [0.5, 0.6) is 0 Å². The highest BCUT2D eigenvalue weighted by Gasteiger charge is 2.24. The van der Waals surface area contributed by atoms with Gasteiger partial charge in [-0.25, -0.2) is 17.5 Å². The lowest BCUT2D eigenvalue weighted by atomic mass is 10.2. The molecule has 0 radical (unpaired) electrons. The van der Waals surface area contributed by atoms with E-state index in [-0.39, 0.29) is 10.9 Å². The van der Waals surface area contributed by atoms with Gasteiger partial charge >= 0.3 is 0 Å². The monoisotopic (exact) mass is 258 g/mol. The molecule has 6 heteroatoms. The van der Waals surface area contributed by atoms with Gasteiger partial charge < -0.3 is 5.32 Å². The van der Waals surface area contributed by atoms with Crippen molar-refractivity contribution in [2.75, 3.05) is 13.1 Å². The average Bonchev–Trinajstić information content (AvgIpc) is 2.73. The number of halogens is 1. The normalized spacial score (nSPS) is 20.7. The van der Waals surface area contributed by atoms with E-state index < -0.39 is 15.8 Å². The molecule has 1 atom stereocenters. The Balaban J connectivity index is 2.27. The zero-order valence-corrected chi connectivity index (χ0v) is 10.3. The summed E-state index contributed by atoms with van der Waals surface area (Å²) in [5.41, 5.74) is 0.546. The van der Waals surface area contributed by atoms with Crippen molar-refractivity contribution in [3.8, 4) is 0 Å². The van der Waals surface area contributed by atoms with E-state index in [1.807, 2.05) is 0 Å². The third-order valence-corrected chi connectivity index (χ3v) is 4.48. The van der Waals surface area contributed by atoms with Crippen molar-refractivity contribution in [1.29, 1.82) is 0 Å². The molecule has 0 aromatic heterocycles. The quantitative estimate of drug-likeness (QED) is 0.842. The van der Waals surface area contributed by atoms with Crippen LogP contribution in [0.4, 0.5) is 4.39 Å². The van der Waals surface area contributed by atoms with E-state index in [0.29, 0.717) is 12.1 Å². The molecule has 17 heavy (non-hydrogen) atoms. The molecule has 1 heterocycles. The Morgan fingerprint density at radius 1 is 1.47 bits per heavy atom. The third kappa shape index (κ3) is 2.83. The van der Waals surface area contributed by atoms with E-state index in [1.165, 1.54) is 12.1 Å². The molecular formula is C11H15FN2O2S. The summed E-state index contributed by atoms with van der Waals surface area (Å²) in [5, 5.41) is 3.07. The molecule has 0 unspecified atom stereocenters. The molecule has 0 saturated carbocycles. The van der Waals surface area contributed by atoms with E-state index in [9.17, 15) is 12.8 Å². The van der Waals surface area contributed by atoms with Gasteiger partial charge in [-0.05, 0) is 37.6 Å². The maximum Gasteiger partial charge on any atom is 0.241 e. The lowest BCUT2D eigenvalue weighted by Crippen LogP contribution is -2.36. The molecule has 1 aliphatic heterocycles. The Morgan fingerprint density at radius 2 is 2.24 bits per heavy atom. The number of aryl methyl sites for hydroxylation is 1. The van der Waals surface area contributed by atoms with E-state index >= 15 is 0 Å². The number of hydrogen-bond donors (Lipinski definition) is 2. The molecule has 0 amide bonds. The van der Waals surface area contributed by atoms with Gasteiger partial charge in [-0.3, -0.25) is 0 Å². The summed E-state index contributed by atoms with van der Waals surface area (Å²) >= 11 is 0. The minimum atomic E-state index is -3.63. The van der Waals surface area contributed by atoms with Gasteiger partial charge in [-0.15, -0.1) is 0 Å². The van der Waals surface area contributed by atoms with Crippen LogP contribution in [0.3, 0.4) is 0 Å². The molecule has 0 aliphatic carbocycles. The van der Waals surface area contributed by atoms with E-state index in [2.05, 4.69) is 10.0 Å². The standard InChI is InChI=1S/C11H15FN2O2S/c1-8-2-3-9(12)6-11(8)17(15,16)14-10-4-5-13-7-10/h2-3,6,10,13-14H,4-5,7H2,1H3/t10-/m0/s1. The summed E-state index contributed by atoms with van der Waals surface area (Å²) < 4.78 is 39.8. The van der Waals surface area contributed by atoms with Crippen LogP contribution in [0.2, 0.25) is 0 Å². The molecule has 2 rings (SSSR count). The van der Waals surface area contributed by atoms with Crippen molar-refractivity contribution in [1.82, 2.24) is 10.0 Å². The minimum absolute atomic E-state index is 0.0180. The van der Waals surface area contributed by atoms with Crippen LogP contribution in [0.1, 0.15) is 12.0 Å². The number of benzene rings is 1. The molecule has 0 bridgehead atoms. The highest BCUT2D eigenvalue weighted by molar-refractivity contribution is 7.89. The Morgan fingerprint density at radius 3 is 2.88 bits per heavy atom. The van der Waals surface area contributed by atoms with Crippen LogP contribution in [0, 0.1) is 12.7 Å². The molecule has 1 saturated heterocycles. The molecular weight excluding hydrogens is 243 g/mol. The van der Waals surface area contributed by atoms with Gasteiger partial charge in [-0.1, -0.05) is 6.07 Å². The van der Waals surface area contributed by atoms with Crippen LogP contribution in [0.25, 0.3) is 0 Å². The summed E-state index contributed by atoms with van der Waals surface area (Å²) in [6, 6.07) is 3.67. The van der Waals surface area contributed by atoms with Crippen molar-refractivity contribution in [2.45, 2.75) is 24.3 Å². The summed E-state index contributed by atoms with van der Waals surface area (Å²) in [6.07, 6.45) is 0.758. The lowest BCUT2D eigenvalue weighted by molar-refractivity contribution is 0.557.